The topological polar surface area (TPSA) is 160 Å². The molecule has 0 spiro atoms. The molecule has 4 fully saturated rings. The van der Waals surface area contributed by atoms with Crippen molar-refractivity contribution in [1.82, 2.24) is 0 Å². The van der Waals surface area contributed by atoms with Crippen LogP contribution >= 0.6 is 0 Å². The molecule has 9 nitrogen and oxygen atoms in total. The minimum absolute atomic E-state index is 0.00470. The summed E-state index contributed by atoms with van der Waals surface area (Å²) in [6.07, 6.45) is 0.100. The number of aliphatic hydroxyl groups is 7. The number of allylic oxidation sites excluding steroid dienone is 2. The molecular weight excluding hydrogens is 576 g/mol. The van der Waals surface area contributed by atoms with Crippen molar-refractivity contribution in [3.8, 4) is 0 Å². The molecule has 5 rings (SSSR count). The van der Waals surface area contributed by atoms with Crippen molar-refractivity contribution in [2.75, 3.05) is 6.61 Å². The summed E-state index contributed by atoms with van der Waals surface area (Å²) in [5, 5.41) is 77.0. The first kappa shape index (κ1) is 35.4. The van der Waals surface area contributed by atoms with Crippen LogP contribution in [0, 0.1) is 39.4 Å². The SMILES string of the molecule is CC(C)=CCC[C@](C)(O[C@@H]1O[C@H](CO)[C@@H](O)[C@H](O)[C@H]1O)[C@H]1CC[C@]2(C)C1[C@H](O)C[C@H]1[C@@]2(C)[C@@H](O)C=C2C(C)(C)[C@@H](O)CC[C@@]21C. The maximum Gasteiger partial charge on any atom is 0.187 e. The zero-order chi connectivity index (χ0) is 33.5. The van der Waals surface area contributed by atoms with Gasteiger partial charge < -0.3 is 45.2 Å². The number of ether oxygens (including phenoxy) is 2. The summed E-state index contributed by atoms with van der Waals surface area (Å²) in [6, 6.07) is 0. The Bertz CT molecular complexity index is 1160. The van der Waals surface area contributed by atoms with Crippen LogP contribution in [0.1, 0.15) is 100 Å². The predicted octanol–water partition coefficient (Wildman–Crippen LogP) is 3.22. The molecule has 0 aromatic carbocycles. The summed E-state index contributed by atoms with van der Waals surface area (Å²) < 4.78 is 12.5. The van der Waals surface area contributed by atoms with E-state index in [0.29, 0.717) is 25.7 Å². The van der Waals surface area contributed by atoms with E-state index >= 15 is 0 Å². The Morgan fingerprint density at radius 1 is 0.978 bits per heavy atom. The summed E-state index contributed by atoms with van der Waals surface area (Å²) in [5.74, 6) is -0.385. The van der Waals surface area contributed by atoms with Gasteiger partial charge in [-0.3, -0.25) is 0 Å². The number of rotatable bonds is 7. The normalized spacial score (nSPS) is 50.5. The lowest BCUT2D eigenvalue weighted by molar-refractivity contribution is -0.336. The van der Waals surface area contributed by atoms with Crippen LogP contribution in [0.4, 0.5) is 0 Å². The van der Waals surface area contributed by atoms with Crippen molar-refractivity contribution in [2.24, 2.45) is 39.4 Å². The van der Waals surface area contributed by atoms with Crippen molar-refractivity contribution < 1.29 is 45.2 Å². The van der Waals surface area contributed by atoms with Crippen molar-refractivity contribution in [1.29, 1.82) is 0 Å². The molecule has 1 saturated heterocycles. The Hall–Kier alpha value is -0.880. The monoisotopic (exact) mass is 636 g/mol. The van der Waals surface area contributed by atoms with E-state index in [1.54, 1.807) is 0 Å². The highest BCUT2D eigenvalue weighted by molar-refractivity contribution is 5.36. The number of fused-ring (bicyclic) bond motifs is 5. The Kier molecular flexibility index (Phi) is 9.38. The fourth-order valence-corrected chi connectivity index (χ4v) is 11.1. The van der Waals surface area contributed by atoms with Gasteiger partial charge in [-0.25, -0.2) is 0 Å². The number of hydrogen-bond donors (Lipinski definition) is 7. The van der Waals surface area contributed by atoms with Crippen molar-refractivity contribution in [2.45, 2.75) is 155 Å². The molecule has 0 radical (unpaired) electrons. The summed E-state index contributed by atoms with van der Waals surface area (Å²) in [7, 11) is 0. The number of aliphatic hydroxyl groups excluding tert-OH is 7. The fraction of sp³-hybridized carbons (Fsp3) is 0.889. The average Bonchev–Trinajstić information content (AvgIpc) is 3.35. The highest BCUT2D eigenvalue weighted by Gasteiger charge is 2.72. The molecule has 15 atom stereocenters. The zero-order valence-electron chi connectivity index (χ0n) is 28.6. The van der Waals surface area contributed by atoms with Gasteiger partial charge in [0.1, 0.15) is 24.4 Å². The molecule has 0 aromatic rings. The van der Waals surface area contributed by atoms with Crippen molar-refractivity contribution in [3.05, 3.63) is 23.3 Å². The lowest BCUT2D eigenvalue weighted by Crippen LogP contribution is -2.68. The molecule has 3 saturated carbocycles. The summed E-state index contributed by atoms with van der Waals surface area (Å²) >= 11 is 0. The molecule has 4 aliphatic carbocycles. The van der Waals surface area contributed by atoms with Gasteiger partial charge in [0.2, 0.25) is 0 Å². The second-order valence-corrected chi connectivity index (χ2v) is 16.9. The first-order chi connectivity index (χ1) is 20.8. The molecular formula is C36H60O9. The van der Waals surface area contributed by atoms with Crippen molar-refractivity contribution >= 4 is 0 Å². The van der Waals surface area contributed by atoms with Gasteiger partial charge in [0.05, 0.1) is 30.5 Å². The second-order valence-electron chi connectivity index (χ2n) is 16.9. The second kappa shape index (κ2) is 11.9. The minimum atomic E-state index is -1.55. The molecule has 258 valence electrons. The van der Waals surface area contributed by atoms with Crippen LogP contribution in [-0.4, -0.2) is 97.0 Å². The summed E-state index contributed by atoms with van der Waals surface area (Å²) in [5.41, 5.74) is -0.398. The van der Waals surface area contributed by atoms with Crippen LogP contribution in [-0.2, 0) is 9.47 Å². The van der Waals surface area contributed by atoms with Crippen molar-refractivity contribution in [3.63, 3.8) is 0 Å². The van der Waals surface area contributed by atoms with E-state index in [4.69, 9.17) is 9.47 Å². The molecule has 45 heavy (non-hydrogen) atoms. The minimum Gasteiger partial charge on any atom is -0.394 e. The van der Waals surface area contributed by atoms with Crippen LogP contribution < -0.4 is 0 Å². The Morgan fingerprint density at radius 2 is 1.64 bits per heavy atom. The lowest BCUT2D eigenvalue weighted by Gasteiger charge is -2.69. The Balaban J connectivity index is 1.54. The third-order valence-corrected chi connectivity index (χ3v) is 14.0. The molecule has 1 heterocycles. The van der Waals surface area contributed by atoms with E-state index in [0.717, 1.165) is 30.4 Å². The standard InChI is InChI=1S/C36H60O9/c1-19(2)10-9-13-35(7,45-31-30(43)29(42)28(41)22(18-37)44-31)20-11-15-34(6)27(20)21(38)16-24-33(5)14-12-25(39)32(3,4)23(33)17-26(40)36(24,34)8/h10,17,20-22,24-31,37-43H,9,11-16,18H2,1-8H3/t20-,21+,22+,24+,25-,26-,27?,28+,29-,30+,31-,33-,34+,35-,36-/m0/s1. The first-order valence-electron chi connectivity index (χ1n) is 17.2. The fourth-order valence-electron chi connectivity index (χ4n) is 11.1. The van der Waals surface area contributed by atoms with E-state index in [1.165, 1.54) is 0 Å². The predicted molar refractivity (Wildman–Crippen MR) is 170 cm³/mol. The quantitative estimate of drug-likeness (QED) is 0.208. The average molecular weight is 637 g/mol. The highest BCUT2D eigenvalue weighted by atomic mass is 16.7. The molecule has 0 amide bonds. The molecule has 9 heteroatoms. The third-order valence-electron chi connectivity index (χ3n) is 14.0. The molecule has 7 N–H and O–H groups in total. The van der Waals surface area contributed by atoms with Crippen LogP contribution in [0.25, 0.3) is 0 Å². The Morgan fingerprint density at radius 3 is 2.27 bits per heavy atom. The van der Waals surface area contributed by atoms with Gasteiger partial charge in [-0.15, -0.1) is 0 Å². The van der Waals surface area contributed by atoms with Crippen LogP contribution in [0.2, 0.25) is 0 Å². The highest BCUT2D eigenvalue weighted by Crippen LogP contribution is 2.74. The van der Waals surface area contributed by atoms with Gasteiger partial charge in [-0.2, -0.15) is 0 Å². The number of hydrogen-bond acceptors (Lipinski definition) is 9. The largest absolute Gasteiger partial charge is 0.394 e. The van der Waals surface area contributed by atoms with E-state index in [1.807, 2.05) is 26.8 Å². The summed E-state index contributed by atoms with van der Waals surface area (Å²) in [6.45, 7) is 16.4. The molecule has 0 aromatic heterocycles. The third kappa shape index (κ3) is 5.23. The van der Waals surface area contributed by atoms with Gasteiger partial charge in [-0.05, 0) is 94.3 Å². The molecule has 1 aliphatic heterocycles. The summed E-state index contributed by atoms with van der Waals surface area (Å²) in [4.78, 5) is 0. The molecule has 1 unspecified atom stereocenters. The van der Waals surface area contributed by atoms with E-state index in [9.17, 15) is 35.7 Å². The van der Waals surface area contributed by atoms with Crippen LogP contribution in [0.5, 0.6) is 0 Å². The van der Waals surface area contributed by atoms with Crippen LogP contribution in [0.15, 0.2) is 23.3 Å². The smallest absolute Gasteiger partial charge is 0.187 e. The van der Waals surface area contributed by atoms with E-state index in [-0.39, 0.29) is 23.2 Å². The first-order valence-corrected chi connectivity index (χ1v) is 17.2. The maximum atomic E-state index is 12.2. The van der Waals surface area contributed by atoms with Gasteiger partial charge in [0.25, 0.3) is 0 Å². The Labute approximate surface area is 269 Å². The molecule has 0 bridgehead atoms. The van der Waals surface area contributed by atoms with E-state index < -0.39 is 77.5 Å². The van der Waals surface area contributed by atoms with Gasteiger partial charge >= 0.3 is 0 Å². The van der Waals surface area contributed by atoms with Gasteiger partial charge in [-0.1, -0.05) is 57.9 Å². The lowest BCUT2D eigenvalue weighted by atomic mass is 9.37. The van der Waals surface area contributed by atoms with Gasteiger partial charge in [0.15, 0.2) is 6.29 Å². The van der Waals surface area contributed by atoms with Gasteiger partial charge in [0, 0.05) is 10.8 Å². The maximum absolute atomic E-state index is 12.2. The zero-order valence-corrected chi connectivity index (χ0v) is 28.6. The molecule has 5 aliphatic rings. The van der Waals surface area contributed by atoms with Crippen LogP contribution in [0.3, 0.4) is 0 Å². The van der Waals surface area contributed by atoms with E-state index in [2.05, 4.69) is 40.7 Å².